The molecule has 1 N–H and O–H groups in total. The molecule has 5 nitrogen and oxygen atoms in total. The van der Waals surface area contributed by atoms with Crippen LogP contribution in [-0.2, 0) is 24.8 Å². The molecule has 0 spiro atoms. The summed E-state index contributed by atoms with van der Waals surface area (Å²) in [6, 6.07) is 6.77. The smallest absolute Gasteiger partial charge is 0.230 e. The van der Waals surface area contributed by atoms with E-state index in [1.54, 1.807) is 24.3 Å². The van der Waals surface area contributed by atoms with Crippen molar-refractivity contribution >= 4 is 15.7 Å². The first-order chi connectivity index (χ1) is 10.9. The van der Waals surface area contributed by atoms with Gasteiger partial charge in [0.15, 0.2) is 9.84 Å². The molecular formula is C17H23NO4S. The van der Waals surface area contributed by atoms with E-state index >= 15 is 0 Å². The van der Waals surface area contributed by atoms with Gasteiger partial charge in [0.1, 0.15) is 0 Å². The van der Waals surface area contributed by atoms with Gasteiger partial charge in [-0.3, -0.25) is 4.79 Å². The van der Waals surface area contributed by atoms with Crippen LogP contribution >= 0.6 is 0 Å². The summed E-state index contributed by atoms with van der Waals surface area (Å²) in [4.78, 5) is 13.0. The van der Waals surface area contributed by atoms with Gasteiger partial charge in [0.05, 0.1) is 16.9 Å². The van der Waals surface area contributed by atoms with Crippen molar-refractivity contribution in [3.8, 4) is 0 Å². The molecule has 0 aromatic heterocycles. The molecule has 1 saturated heterocycles. The molecule has 1 atom stereocenters. The minimum Gasteiger partial charge on any atom is -0.381 e. The molecule has 1 aromatic rings. The Balaban J connectivity index is 1.73. The first kappa shape index (κ1) is 16.5. The fraction of sp³-hybridized carbons (Fsp3) is 0.588. The Bertz CT molecular complexity index is 671. The molecule has 1 aliphatic heterocycles. The van der Waals surface area contributed by atoms with Crippen molar-refractivity contribution in [2.24, 2.45) is 5.92 Å². The molecule has 1 aliphatic carbocycles. The number of hydrogen-bond acceptors (Lipinski definition) is 4. The van der Waals surface area contributed by atoms with Crippen LogP contribution in [0.2, 0.25) is 0 Å². The third kappa shape index (κ3) is 3.28. The van der Waals surface area contributed by atoms with E-state index in [9.17, 15) is 13.2 Å². The van der Waals surface area contributed by atoms with Gasteiger partial charge < -0.3 is 10.1 Å². The molecular weight excluding hydrogens is 314 g/mol. The zero-order valence-corrected chi connectivity index (χ0v) is 14.2. The normalized spacial score (nSPS) is 23.3. The highest BCUT2D eigenvalue weighted by atomic mass is 32.2. The maximum absolute atomic E-state index is 12.7. The Hall–Kier alpha value is -1.40. The van der Waals surface area contributed by atoms with Gasteiger partial charge in [-0.15, -0.1) is 0 Å². The van der Waals surface area contributed by atoms with Crippen LogP contribution in [0.15, 0.2) is 29.2 Å². The highest BCUT2D eigenvalue weighted by Crippen LogP contribution is 2.44. The molecule has 1 amide bonds. The molecule has 0 unspecified atom stereocenters. The summed E-state index contributed by atoms with van der Waals surface area (Å²) in [5, 5.41) is 3.07. The van der Waals surface area contributed by atoms with Crippen LogP contribution in [0.25, 0.3) is 0 Å². The topological polar surface area (TPSA) is 72.5 Å². The number of carbonyl (C=O) groups excluding carboxylic acids is 1. The number of sulfone groups is 1. The fourth-order valence-corrected chi connectivity index (χ4v) is 3.98. The van der Waals surface area contributed by atoms with Crippen molar-refractivity contribution in [2.75, 3.05) is 26.0 Å². The maximum Gasteiger partial charge on any atom is 0.230 e. The van der Waals surface area contributed by atoms with Crippen molar-refractivity contribution in [1.29, 1.82) is 0 Å². The van der Waals surface area contributed by atoms with Crippen LogP contribution in [0.4, 0.5) is 0 Å². The standard InChI is InChI=1S/C17H23NO4S/c1-23(20,21)15-5-3-14(4-6-15)17(8-2-9-17)16(19)18-11-13-7-10-22-12-13/h3-6,13H,2,7-12H2,1H3,(H,18,19)/t13-/m1/s1. The number of rotatable bonds is 5. The zero-order chi connectivity index (χ0) is 16.5. The van der Waals surface area contributed by atoms with Crippen LogP contribution in [-0.4, -0.2) is 40.3 Å². The van der Waals surface area contributed by atoms with Gasteiger partial charge in [-0.05, 0) is 37.0 Å². The van der Waals surface area contributed by atoms with Crippen LogP contribution in [0.3, 0.4) is 0 Å². The number of nitrogens with one attached hydrogen (secondary N) is 1. The molecule has 0 bridgehead atoms. The van der Waals surface area contributed by atoms with Gasteiger partial charge in [-0.2, -0.15) is 0 Å². The number of hydrogen-bond donors (Lipinski definition) is 1. The van der Waals surface area contributed by atoms with Crippen LogP contribution in [0.5, 0.6) is 0 Å². The van der Waals surface area contributed by atoms with E-state index in [-0.39, 0.29) is 5.91 Å². The zero-order valence-electron chi connectivity index (χ0n) is 13.4. The van der Waals surface area contributed by atoms with Gasteiger partial charge in [-0.25, -0.2) is 8.42 Å². The molecule has 2 fully saturated rings. The second kappa shape index (κ2) is 6.24. The van der Waals surface area contributed by atoms with Crippen molar-refractivity contribution in [3.63, 3.8) is 0 Å². The fourth-order valence-electron chi connectivity index (χ4n) is 3.35. The predicted molar refractivity (Wildman–Crippen MR) is 87.0 cm³/mol. The summed E-state index contributed by atoms with van der Waals surface area (Å²) < 4.78 is 28.5. The molecule has 1 saturated carbocycles. The lowest BCUT2D eigenvalue weighted by atomic mass is 9.64. The van der Waals surface area contributed by atoms with E-state index in [1.807, 2.05) is 0 Å². The summed E-state index contributed by atoms with van der Waals surface area (Å²) >= 11 is 0. The first-order valence-corrected chi connectivity index (χ1v) is 9.98. The Kier molecular flexibility index (Phi) is 4.47. The summed E-state index contributed by atoms with van der Waals surface area (Å²) in [7, 11) is -3.21. The van der Waals surface area contributed by atoms with Crippen LogP contribution < -0.4 is 5.32 Å². The third-order valence-corrected chi connectivity index (χ3v) is 6.18. The van der Waals surface area contributed by atoms with Crippen molar-refractivity contribution < 1.29 is 17.9 Å². The molecule has 6 heteroatoms. The molecule has 126 valence electrons. The number of amides is 1. The molecule has 1 heterocycles. The average Bonchev–Trinajstić information content (AvgIpc) is 2.97. The number of benzene rings is 1. The molecule has 23 heavy (non-hydrogen) atoms. The lowest BCUT2D eigenvalue weighted by molar-refractivity contribution is -0.130. The number of carbonyl (C=O) groups is 1. The average molecular weight is 337 g/mol. The van der Waals surface area contributed by atoms with E-state index in [2.05, 4.69) is 5.32 Å². The first-order valence-electron chi connectivity index (χ1n) is 8.08. The summed E-state index contributed by atoms with van der Waals surface area (Å²) in [5.74, 6) is 0.464. The van der Waals surface area contributed by atoms with Crippen molar-refractivity contribution in [3.05, 3.63) is 29.8 Å². The number of ether oxygens (including phenoxy) is 1. The van der Waals surface area contributed by atoms with E-state index in [0.717, 1.165) is 44.5 Å². The van der Waals surface area contributed by atoms with Crippen molar-refractivity contribution in [2.45, 2.75) is 36.0 Å². The second-order valence-corrected chi connectivity index (χ2v) is 8.69. The Labute approximate surface area is 137 Å². The molecule has 1 aromatic carbocycles. The monoisotopic (exact) mass is 337 g/mol. The summed E-state index contributed by atoms with van der Waals surface area (Å²) in [6.45, 7) is 2.15. The van der Waals surface area contributed by atoms with Crippen LogP contribution in [0.1, 0.15) is 31.2 Å². The quantitative estimate of drug-likeness (QED) is 0.887. The third-order valence-electron chi connectivity index (χ3n) is 5.05. The van der Waals surface area contributed by atoms with Gasteiger partial charge in [0, 0.05) is 25.3 Å². The molecule has 2 aliphatic rings. The highest BCUT2D eigenvalue weighted by molar-refractivity contribution is 7.90. The lowest BCUT2D eigenvalue weighted by Gasteiger charge is -2.41. The van der Waals surface area contributed by atoms with E-state index in [4.69, 9.17) is 4.74 Å². The SMILES string of the molecule is CS(=O)(=O)c1ccc(C2(C(=O)NC[C@H]3CCOC3)CCC2)cc1. The Morgan fingerprint density at radius 1 is 1.30 bits per heavy atom. The van der Waals surface area contributed by atoms with Gasteiger partial charge >= 0.3 is 0 Å². The Morgan fingerprint density at radius 2 is 2.00 bits per heavy atom. The molecule has 0 radical (unpaired) electrons. The predicted octanol–water partition coefficient (Wildman–Crippen LogP) is 1.66. The van der Waals surface area contributed by atoms with Gasteiger partial charge in [0.2, 0.25) is 5.91 Å². The van der Waals surface area contributed by atoms with E-state index in [1.165, 1.54) is 6.26 Å². The van der Waals surface area contributed by atoms with E-state index < -0.39 is 15.3 Å². The van der Waals surface area contributed by atoms with Crippen molar-refractivity contribution in [1.82, 2.24) is 5.32 Å². The summed E-state index contributed by atoms with van der Waals surface area (Å²) in [5.41, 5.74) is 0.423. The minimum atomic E-state index is -3.21. The minimum absolute atomic E-state index is 0.0581. The molecule has 3 rings (SSSR count). The lowest BCUT2D eigenvalue weighted by Crippen LogP contribution is -2.50. The van der Waals surface area contributed by atoms with Gasteiger partial charge in [-0.1, -0.05) is 18.6 Å². The second-order valence-electron chi connectivity index (χ2n) is 6.67. The maximum atomic E-state index is 12.7. The summed E-state index contributed by atoms with van der Waals surface area (Å²) in [6.07, 6.45) is 4.85. The van der Waals surface area contributed by atoms with Crippen LogP contribution in [0, 0.1) is 5.92 Å². The highest BCUT2D eigenvalue weighted by Gasteiger charge is 2.45. The largest absolute Gasteiger partial charge is 0.381 e. The van der Waals surface area contributed by atoms with Gasteiger partial charge in [0.25, 0.3) is 0 Å². The Morgan fingerprint density at radius 3 is 2.48 bits per heavy atom. The van der Waals surface area contributed by atoms with E-state index in [0.29, 0.717) is 17.4 Å².